The number of nitrogens with zero attached hydrogens (tertiary/aromatic N) is 1. The number of nitrogens with one attached hydrogen (secondary N) is 2. The molecule has 1 atom stereocenters. The van der Waals surface area contributed by atoms with Gasteiger partial charge in [-0.3, -0.25) is 9.69 Å². The summed E-state index contributed by atoms with van der Waals surface area (Å²) in [6.45, 7) is 4.99. The van der Waals surface area contributed by atoms with E-state index in [0.29, 0.717) is 31.9 Å². The molecule has 110 valence electrons. The molecule has 7 heteroatoms. The zero-order valence-electron chi connectivity index (χ0n) is 11.4. The van der Waals surface area contributed by atoms with E-state index in [1.165, 1.54) is 6.07 Å². The fraction of sp³-hybridized carbons (Fsp3) is 0.538. The first-order valence-electron chi connectivity index (χ1n) is 6.66. The number of furan rings is 1. The Morgan fingerprint density at radius 1 is 1.55 bits per heavy atom. The summed E-state index contributed by atoms with van der Waals surface area (Å²) in [5.41, 5.74) is 0. The number of carboxylic acids is 1. The van der Waals surface area contributed by atoms with Crippen LogP contribution in [0.15, 0.2) is 16.5 Å². The van der Waals surface area contributed by atoms with Gasteiger partial charge in [0.1, 0.15) is 11.8 Å². The maximum atomic E-state index is 12.0. The second-order valence-corrected chi connectivity index (χ2v) is 4.66. The van der Waals surface area contributed by atoms with Crippen LogP contribution in [0.4, 0.5) is 0 Å². The van der Waals surface area contributed by atoms with Crippen molar-refractivity contribution in [2.75, 3.05) is 26.2 Å². The summed E-state index contributed by atoms with van der Waals surface area (Å²) in [5.74, 6) is -0.634. The van der Waals surface area contributed by atoms with Gasteiger partial charge in [-0.15, -0.1) is 0 Å². The van der Waals surface area contributed by atoms with Crippen LogP contribution in [0.25, 0.3) is 0 Å². The minimum absolute atomic E-state index is 0.0234. The van der Waals surface area contributed by atoms with Gasteiger partial charge < -0.3 is 20.2 Å². The van der Waals surface area contributed by atoms with Crippen molar-refractivity contribution in [3.05, 3.63) is 23.7 Å². The van der Waals surface area contributed by atoms with Gasteiger partial charge >= 0.3 is 5.97 Å². The Bertz CT molecular complexity index is 486. The Labute approximate surface area is 116 Å². The molecular weight excluding hydrogens is 262 g/mol. The summed E-state index contributed by atoms with van der Waals surface area (Å²) in [7, 11) is 0. The van der Waals surface area contributed by atoms with Crippen molar-refractivity contribution in [3.63, 3.8) is 0 Å². The quantitative estimate of drug-likeness (QED) is 0.697. The number of aromatic carboxylic acids is 1. The molecule has 1 unspecified atom stereocenters. The van der Waals surface area contributed by atoms with Crippen LogP contribution in [0.2, 0.25) is 0 Å². The first-order valence-corrected chi connectivity index (χ1v) is 6.66. The normalized spacial score (nSPS) is 19.8. The Morgan fingerprint density at radius 2 is 2.35 bits per heavy atom. The zero-order valence-corrected chi connectivity index (χ0v) is 11.4. The van der Waals surface area contributed by atoms with E-state index in [4.69, 9.17) is 9.52 Å². The first kappa shape index (κ1) is 14.5. The van der Waals surface area contributed by atoms with Gasteiger partial charge in [0.2, 0.25) is 11.7 Å². The lowest BCUT2D eigenvalue weighted by atomic mass is 10.1. The van der Waals surface area contributed by atoms with Crippen molar-refractivity contribution >= 4 is 11.9 Å². The molecule has 1 aliphatic heterocycles. The Morgan fingerprint density at radius 3 is 3.00 bits per heavy atom. The average Bonchev–Trinajstić information content (AvgIpc) is 2.88. The highest BCUT2D eigenvalue weighted by Crippen LogP contribution is 2.14. The molecule has 1 amide bonds. The van der Waals surface area contributed by atoms with Gasteiger partial charge in [-0.05, 0) is 19.1 Å². The van der Waals surface area contributed by atoms with Crippen molar-refractivity contribution < 1.29 is 19.1 Å². The van der Waals surface area contributed by atoms with Gasteiger partial charge in [-0.2, -0.15) is 0 Å². The summed E-state index contributed by atoms with van der Waals surface area (Å²) < 4.78 is 5.24. The van der Waals surface area contributed by atoms with Crippen LogP contribution in [0, 0.1) is 0 Å². The van der Waals surface area contributed by atoms with E-state index in [9.17, 15) is 9.59 Å². The van der Waals surface area contributed by atoms with Crippen LogP contribution in [-0.4, -0.2) is 54.1 Å². The number of hydrogen-bond acceptors (Lipinski definition) is 5. The smallest absolute Gasteiger partial charge is 0.371 e. The zero-order chi connectivity index (χ0) is 14.5. The van der Waals surface area contributed by atoms with Crippen molar-refractivity contribution in [2.24, 2.45) is 0 Å². The summed E-state index contributed by atoms with van der Waals surface area (Å²) >= 11 is 0. The minimum Gasteiger partial charge on any atom is -0.475 e. The molecule has 0 aromatic carbocycles. The number of carboxylic acid groups (broad SMARTS) is 1. The highest BCUT2D eigenvalue weighted by Gasteiger charge is 2.28. The lowest BCUT2D eigenvalue weighted by molar-refractivity contribution is -0.127. The van der Waals surface area contributed by atoms with E-state index in [1.54, 1.807) is 6.07 Å². The number of likely N-dealkylation sites (N-methyl/N-ethyl adjacent to an activating group) is 1. The lowest BCUT2D eigenvalue weighted by Crippen LogP contribution is -2.57. The number of rotatable bonds is 5. The third kappa shape index (κ3) is 3.37. The topological polar surface area (TPSA) is 94.8 Å². The summed E-state index contributed by atoms with van der Waals surface area (Å²) in [6.07, 6.45) is 0. The maximum Gasteiger partial charge on any atom is 0.371 e. The molecule has 1 aromatic rings. The predicted octanol–water partition coefficient (Wildman–Crippen LogP) is -0.112. The monoisotopic (exact) mass is 281 g/mol. The van der Waals surface area contributed by atoms with Crippen LogP contribution in [0.1, 0.15) is 23.2 Å². The third-order valence-electron chi connectivity index (χ3n) is 3.24. The molecule has 2 heterocycles. The van der Waals surface area contributed by atoms with Gasteiger partial charge in [0.15, 0.2) is 0 Å². The number of piperazine rings is 1. The van der Waals surface area contributed by atoms with E-state index in [2.05, 4.69) is 10.6 Å². The van der Waals surface area contributed by atoms with Crippen molar-refractivity contribution in [2.45, 2.75) is 19.5 Å². The first-order chi connectivity index (χ1) is 9.61. The Hall–Kier alpha value is -1.86. The lowest BCUT2D eigenvalue weighted by Gasteiger charge is -2.34. The molecule has 0 saturated carbocycles. The molecule has 0 bridgehead atoms. The molecule has 0 aliphatic carbocycles. The van der Waals surface area contributed by atoms with E-state index in [-0.39, 0.29) is 17.7 Å². The third-order valence-corrected chi connectivity index (χ3v) is 3.24. The van der Waals surface area contributed by atoms with Gasteiger partial charge in [-0.1, -0.05) is 0 Å². The van der Waals surface area contributed by atoms with Gasteiger partial charge in [0.05, 0.1) is 6.54 Å². The summed E-state index contributed by atoms with van der Waals surface area (Å²) in [4.78, 5) is 24.8. The minimum atomic E-state index is -1.09. The molecule has 1 aromatic heterocycles. The molecule has 20 heavy (non-hydrogen) atoms. The summed E-state index contributed by atoms with van der Waals surface area (Å²) in [5, 5.41) is 14.8. The second-order valence-electron chi connectivity index (χ2n) is 4.66. The number of carbonyl (C=O) groups excluding carboxylic acids is 1. The molecule has 0 radical (unpaired) electrons. The van der Waals surface area contributed by atoms with E-state index in [0.717, 1.165) is 6.54 Å². The van der Waals surface area contributed by atoms with Crippen LogP contribution >= 0.6 is 0 Å². The molecule has 3 N–H and O–H groups in total. The van der Waals surface area contributed by atoms with E-state index >= 15 is 0 Å². The molecular formula is C13H19N3O4. The fourth-order valence-corrected chi connectivity index (χ4v) is 2.26. The largest absolute Gasteiger partial charge is 0.475 e. The fourth-order valence-electron chi connectivity index (χ4n) is 2.26. The van der Waals surface area contributed by atoms with Gasteiger partial charge in [0, 0.05) is 26.2 Å². The van der Waals surface area contributed by atoms with Crippen molar-refractivity contribution in [3.8, 4) is 0 Å². The Balaban J connectivity index is 2.04. The van der Waals surface area contributed by atoms with Crippen LogP contribution in [0.3, 0.4) is 0 Å². The number of carbonyl (C=O) groups is 2. The molecule has 1 fully saturated rings. The molecule has 1 saturated heterocycles. The highest BCUT2D eigenvalue weighted by atomic mass is 16.4. The Kier molecular flexibility index (Phi) is 4.75. The number of hydrogen-bond donors (Lipinski definition) is 3. The van der Waals surface area contributed by atoms with Gasteiger partial charge in [-0.25, -0.2) is 4.79 Å². The van der Waals surface area contributed by atoms with Crippen LogP contribution < -0.4 is 10.6 Å². The van der Waals surface area contributed by atoms with Crippen molar-refractivity contribution in [1.82, 2.24) is 15.5 Å². The van der Waals surface area contributed by atoms with Gasteiger partial charge in [0.25, 0.3) is 0 Å². The molecule has 1 aliphatic rings. The van der Waals surface area contributed by atoms with E-state index < -0.39 is 5.97 Å². The second kappa shape index (κ2) is 6.53. The standard InChI is InChI=1S/C13H19N3O4/c1-2-15-12(17)10-7-14-5-6-16(10)8-9-3-4-11(20-9)13(18)19/h3-4,10,14H,2,5-8H2,1H3,(H,15,17)(H,18,19). The SMILES string of the molecule is CCNC(=O)C1CNCCN1Cc1ccc(C(=O)O)o1. The van der Waals surface area contributed by atoms with Crippen LogP contribution in [-0.2, 0) is 11.3 Å². The maximum absolute atomic E-state index is 12.0. The average molecular weight is 281 g/mol. The van der Waals surface area contributed by atoms with Crippen molar-refractivity contribution in [1.29, 1.82) is 0 Å². The van der Waals surface area contributed by atoms with E-state index in [1.807, 2.05) is 11.8 Å². The number of amides is 1. The summed E-state index contributed by atoms with van der Waals surface area (Å²) in [6, 6.07) is 2.81. The predicted molar refractivity (Wildman–Crippen MR) is 71.4 cm³/mol. The molecule has 7 nitrogen and oxygen atoms in total. The van der Waals surface area contributed by atoms with Crippen LogP contribution in [0.5, 0.6) is 0 Å². The highest BCUT2D eigenvalue weighted by molar-refractivity contribution is 5.84. The molecule has 2 rings (SSSR count). The molecule has 0 spiro atoms.